The predicted molar refractivity (Wildman–Crippen MR) is 91.5 cm³/mol. The van der Waals surface area contributed by atoms with Crippen LogP contribution in [0.15, 0.2) is 68.8 Å². The normalized spacial score (nSPS) is 13.1. The second kappa shape index (κ2) is 6.88. The lowest BCUT2D eigenvalue weighted by Crippen LogP contribution is -2.29. The van der Waals surface area contributed by atoms with E-state index in [1.165, 1.54) is 6.07 Å². The van der Waals surface area contributed by atoms with Crippen molar-refractivity contribution in [2.24, 2.45) is 0 Å². The van der Waals surface area contributed by atoms with E-state index in [-0.39, 0.29) is 22.4 Å². The van der Waals surface area contributed by atoms with Gasteiger partial charge in [-0.2, -0.15) is 11.3 Å². The molecule has 0 radical (unpaired) electrons. The van der Waals surface area contributed by atoms with Crippen LogP contribution in [0, 0.1) is 0 Å². The Kier molecular flexibility index (Phi) is 4.87. The summed E-state index contributed by atoms with van der Waals surface area (Å²) in [7, 11) is -3.69. The van der Waals surface area contributed by atoms with Gasteiger partial charge in [0.05, 0.1) is 17.2 Å². The number of hydrogen-bond acceptors (Lipinski definition) is 4. The smallest absolute Gasteiger partial charge is 0.242 e. The lowest BCUT2D eigenvalue weighted by atomic mass is 10.00. The molecular weight excluding hydrogens is 354 g/mol. The highest BCUT2D eigenvalue weighted by Crippen LogP contribution is 2.27. The van der Waals surface area contributed by atoms with Gasteiger partial charge in [0.25, 0.3) is 0 Å². The van der Waals surface area contributed by atoms with Crippen molar-refractivity contribution >= 4 is 33.0 Å². The van der Waals surface area contributed by atoms with Crippen LogP contribution in [-0.4, -0.2) is 15.0 Å². The van der Waals surface area contributed by atoms with E-state index in [2.05, 4.69) is 4.72 Å². The first-order chi connectivity index (χ1) is 11.1. The molecule has 3 aromatic rings. The standard InChI is InChI=1S/C16H14ClNO3S2/c17-14-4-1-2-6-16(14)23(19,20)18-10-13(12-7-9-22-11-12)15-5-3-8-21-15/h1-9,11,13,18H,10H2. The van der Waals surface area contributed by atoms with Gasteiger partial charge in [-0.1, -0.05) is 23.7 Å². The van der Waals surface area contributed by atoms with Gasteiger partial charge in [0, 0.05) is 6.54 Å². The quantitative estimate of drug-likeness (QED) is 0.713. The Bertz CT molecular complexity index is 824. The number of rotatable bonds is 6. The minimum Gasteiger partial charge on any atom is -0.469 e. The Morgan fingerprint density at radius 1 is 1.17 bits per heavy atom. The maximum absolute atomic E-state index is 12.5. The van der Waals surface area contributed by atoms with Crippen molar-refractivity contribution in [3.05, 3.63) is 75.8 Å². The maximum atomic E-state index is 12.5. The number of sulfonamides is 1. The van der Waals surface area contributed by atoms with Crippen LogP contribution in [0.3, 0.4) is 0 Å². The van der Waals surface area contributed by atoms with Gasteiger partial charge in [-0.15, -0.1) is 0 Å². The first-order valence-corrected chi connectivity index (χ1v) is 9.68. The monoisotopic (exact) mass is 367 g/mol. The van der Waals surface area contributed by atoms with Crippen molar-refractivity contribution in [3.8, 4) is 0 Å². The van der Waals surface area contributed by atoms with Crippen LogP contribution in [-0.2, 0) is 10.0 Å². The van der Waals surface area contributed by atoms with Crippen molar-refractivity contribution < 1.29 is 12.8 Å². The van der Waals surface area contributed by atoms with Crippen LogP contribution in [0.1, 0.15) is 17.2 Å². The third-order valence-electron chi connectivity index (χ3n) is 3.44. The molecule has 4 nitrogen and oxygen atoms in total. The number of nitrogens with one attached hydrogen (secondary N) is 1. The number of thiophene rings is 1. The molecule has 7 heteroatoms. The highest BCUT2D eigenvalue weighted by Gasteiger charge is 2.23. The Morgan fingerprint density at radius 3 is 2.65 bits per heavy atom. The van der Waals surface area contributed by atoms with Crippen LogP contribution in [0.25, 0.3) is 0 Å². The summed E-state index contributed by atoms with van der Waals surface area (Å²) < 4.78 is 33.0. The van der Waals surface area contributed by atoms with Crippen LogP contribution >= 0.6 is 22.9 Å². The summed E-state index contributed by atoms with van der Waals surface area (Å²) in [5, 5.41) is 4.13. The molecule has 1 unspecified atom stereocenters. The fraction of sp³-hybridized carbons (Fsp3) is 0.125. The highest BCUT2D eigenvalue weighted by molar-refractivity contribution is 7.89. The number of halogens is 1. The van der Waals surface area contributed by atoms with Crippen LogP contribution in [0.2, 0.25) is 5.02 Å². The van der Waals surface area contributed by atoms with Gasteiger partial charge in [0.15, 0.2) is 0 Å². The molecule has 0 amide bonds. The van der Waals surface area contributed by atoms with E-state index < -0.39 is 10.0 Å². The van der Waals surface area contributed by atoms with Crippen molar-refractivity contribution in [2.75, 3.05) is 6.54 Å². The van der Waals surface area contributed by atoms with Gasteiger partial charge >= 0.3 is 0 Å². The minimum absolute atomic E-state index is 0.0742. The molecule has 1 aromatic carbocycles. The second-order valence-electron chi connectivity index (χ2n) is 4.91. The molecule has 0 saturated carbocycles. The van der Waals surface area contributed by atoms with E-state index in [1.807, 2.05) is 22.9 Å². The first kappa shape index (κ1) is 16.3. The largest absolute Gasteiger partial charge is 0.469 e. The average Bonchev–Trinajstić information content (AvgIpc) is 3.21. The van der Waals surface area contributed by atoms with Crippen molar-refractivity contribution in [1.82, 2.24) is 4.72 Å². The van der Waals surface area contributed by atoms with Crippen molar-refractivity contribution in [1.29, 1.82) is 0 Å². The minimum atomic E-state index is -3.69. The summed E-state index contributed by atoms with van der Waals surface area (Å²) in [6, 6.07) is 12.0. The molecular formula is C16H14ClNO3S2. The van der Waals surface area contributed by atoms with Crippen LogP contribution in [0.4, 0.5) is 0 Å². The van der Waals surface area contributed by atoms with Crippen LogP contribution < -0.4 is 4.72 Å². The first-order valence-electron chi connectivity index (χ1n) is 6.87. The van der Waals surface area contributed by atoms with Gasteiger partial charge in [-0.05, 0) is 46.7 Å². The van der Waals surface area contributed by atoms with Gasteiger partial charge in [0.1, 0.15) is 10.7 Å². The molecule has 2 aromatic heterocycles. The Labute approximate surface area is 143 Å². The number of hydrogen-bond donors (Lipinski definition) is 1. The molecule has 0 aliphatic carbocycles. The SMILES string of the molecule is O=S(=O)(NCC(c1ccsc1)c1ccco1)c1ccccc1Cl. The number of benzene rings is 1. The molecule has 1 atom stereocenters. The van der Waals surface area contributed by atoms with E-state index in [0.717, 1.165) is 5.56 Å². The predicted octanol–water partition coefficient (Wildman–Crippen LogP) is 4.10. The van der Waals surface area contributed by atoms with Crippen LogP contribution in [0.5, 0.6) is 0 Å². The van der Waals surface area contributed by atoms with E-state index in [9.17, 15) is 8.42 Å². The summed E-state index contributed by atoms with van der Waals surface area (Å²) >= 11 is 7.54. The Balaban J connectivity index is 1.84. The van der Waals surface area contributed by atoms with E-state index in [1.54, 1.807) is 41.9 Å². The van der Waals surface area contributed by atoms with Gasteiger partial charge in [-0.3, -0.25) is 0 Å². The van der Waals surface area contributed by atoms with Crippen molar-refractivity contribution in [3.63, 3.8) is 0 Å². The summed E-state index contributed by atoms with van der Waals surface area (Å²) in [5.74, 6) is 0.527. The Hall–Kier alpha value is -1.60. The average molecular weight is 368 g/mol. The lowest BCUT2D eigenvalue weighted by Gasteiger charge is -2.15. The summed E-state index contributed by atoms with van der Waals surface area (Å²) in [5.41, 5.74) is 1.01. The van der Waals surface area contributed by atoms with E-state index in [0.29, 0.717) is 5.76 Å². The third kappa shape index (κ3) is 3.67. The molecule has 0 bridgehead atoms. The lowest BCUT2D eigenvalue weighted by molar-refractivity contribution is 0.481. The summed E-state index contributed by atoms with van der Waals surface area (Å²) in [6.45, 7) is 0.192. The molecule has 0 saturated heterocycles. The molecule has 0 spiro atoms. The molecule has 3 rings (SSSR count). The molecule has 1 N–H and O–H groups in total. The van der Waals surface area contributed by atoms with Gasteiger partial charge in [0.2, 0.25) is 10.0 Å². The molecule has 120 valence electrons. The second-order valence-corrected chi connectivity index (χ2v) is 7.83. The molecule has 0 fully saturated rings. The van der Waals surface area contributed by atoms with Crippen molar-refractivity contribution in [2.45, 2.75) is 10.8 Å². The van der Waals surface area contributed by atoms with E-state index in [4.69, 9.17) is 16.0 Å². The number of furan rings is 1. The Morgan fingerprint density at radius 2 is 2.00 bits per heavy atom. The third-order valence-corrected chi connectivity index (χ3v) is 6.06. The fourth-order valence-electron chi connectivity index (χ4n) is 2.28. The molecule has 0 aliphatic rings. The molecule has 23 heavy (non-hydrogen) atoms. The van der Waals surface area contributed by atoms with Gasteiger partial charge in [-0.25, -0.2) is 13.1 Å². The molecule has 2 heterocycles. The zero-order valence-electron chi connectivity index (χ0n) is 12.0. The van der Waals surface area contributed by atoms with E-state index >= 15 is 0 Å². The maximum Gasteiger partial charge on any atom is 0.242 e. The molecule has 0 aliphatic heterocycles. The highest BCUT2D eigenvalue weighted by atomic mass is 35.5. The fourth-order valence-corrected chi connectivity index (χ4v) is 4.56. The zero-order chi connectivity index (χ0) is 16.3. The summed E-state index contributed by atoms with van der Waals surface area (Å²) in [6.07, 6.45) is 1.58. The summed E-state index contributed by atoms with van der Waals surface area (Å²) in [4.78, 5) is 0.0742. The topological polar surface area (TPSA) is 59.3 Å². The van der Waals surface area contributed by atoms with Gasteiger partial charge < -0.3 is 4.42 Å². The zero-order valence-corrected chi connectivity index (χ0v) is 14.4.